The highest BCUT2D eigenvalue weighted by atomic mass is 35.5. The van der Waals surface area contributed by atoms with E-state index in [1.165, 1.54) is 0 Å². The Bertz CT molecular complexity index is 541. The average molecular weight is 203 g/mol. The molecule has 0 atom stereocenters. The first-order valence-corrected chi connectivity index (χ1v) is 4.55. The zero-order valence-corrected chi connectivity index (χ0v) is 8.34. The predicted octanol–water partition coefficient (Wildman–Crippen LogP) is 3.07. The number of benzene rings is 1. The first-order valence-electron chi connectivity index (χ1n) is 4.18. The van der Waals surface area contributed by atoms with Gasteiger partial charge in [-0.15, -0.1) is 0 Å². The van der Waals surface area contributed by atoms with Crippen LogP contribution >= 0.6 is 11.6 Å². The van der Waals surface area contributed by atoms with Crippen molar-refractivity contribution < 1.29 is 0 Å². The summed E-state index contributed by atoms with van der Waals surface area (Å²) in [6.45, 7) is 1.89. The maximum Gasteiger partial charge on any atom is 0.0991 e. The number of hydrogen-bond donors (Lipinski definition) is 0. The molecule has 3 heteroatoms. The number of halogens is 1. The zero-order chi connectivity index (χ0) is 10.1. The van der Waals surface area contributed by atoms with E-state index in [0.717, 1.165) is 16.6 Å². The number of fused-ring (bicyclic) bond motifs is 1. The van der Waals surface area contributed by atoms with E-state index in [0.29, 0.717) is 10.6 Å². The van der Waals surface area contributed by atoms with E-state index in [1.807, 2.05) is 13.0 Å². The molecule has 2 nitrogen and oxygen atoms in total. The highest BCUT2D eigenvalue weighted by molar-refractivity contribution is 6.35. The van der Waals surface area contributed by atoms with E-state index in [-0.39, 0.29) is 0 Å². The van der Waals surface area contributed by atoms with E-state index in [4.69, 9.17) is 16.9 Å². The molecule has 0 aliphatic heterocycles. The minimum absolute atomic E-state index is 0.602. The summed E-state index contributed by atoms with van der Waals surface area (Å²) in [6, 6.07) is 9.18. The van der Waals surface area contributed by atoms with Crippen molar-refractivity contribution in [3.05, 3.63) is 40.5 Å². The number of pyridine rings is 1. The van der Waals surface area contributed by atoms with Crippen LogP contribution in [-0.2, 0) is 0 Å². The smallest absolute Gasteiger partial charge is 0.0991 e. The number of aryl methyl sites for hydroxylation is 1. The second-order valence-electron chi connectivity index (χ2n) is 3.09. The lowest BCUT2D eigenvalue weighted by Gasteiger charge is -2.01. The number of nitriles is 1. The van der Waals surface area contributed by atoms with Crippen LogP contribution < -0.4 is 0 Å². The summed E-state index contributed by atoms with van der Waals surface area (Å²) in [5.74, 6) is 0. The van der Waals surface area contributed by atoms with Crippen LogP contribution in [0.4, 0.5) is 0 Å². The summed E-state index contributed by atoms with van der Waals surface area (Å²) in [4.78, 5) is 4.32. The van der Waals surface area contributed by atoms with Gasteiger partial charge < -0.3 is 0 Å². The van der Waals surface area contributed by atoms with Crippen molar-refractivity contribution >= 4 is 22.5 Å². The van der Waals surface area contributed by atoms with Gasteiger partial charge in [-0.25, -0.2) is 0 Å². The van der Waals surface area contributed by atoms with Gasteiger partial charge in [0.2, 0.25) is 0 Å². The minimum atomic E-state index is 0.602. The summed E-state index contributed by atoms with van der Waals surface area (Å²) >= 11 is 6.04. The molecule has 68 valence electrons. The fraction of sp³-hybridized carbons (Fsp3) is 0.0909. The molecule has 1 heterocycles. The van der Waals surface area contributed by atoms with Gasteiger partial charge >= 0.3 is 0 Å². The van der Waals surface area contributed by atoms with Crippen molar-refractivity contribution in [1.29, 1.82) is 5.26 Å². The third-order valence-corrected chi connectivity index (χ3v) is 2.33. The molecule has 0 saturated carbocycles. The van der Waals surface area contributed by atoms with Crippen molar-refractivity contribution in [2.45, 2.75) is 6.92 Å². The molecule has 0 amide bonds. The average Bonchev–Trinajstić information content (AvgIpc) is 2.17. The monoisotopic (exact) mass is 202 g/mol. The van der Waals surface area contributed by atoms with E-state index in [9.17, 15) is 0 Å². The van der Waals surface area contributed by atoms with Crippen molar-refractivity contribution in [3.8, 4) is 6.07 Å². The van der Waals surface area contributed by atoms with Gasteiger partial charge in [0.05, 0.1) is 22.2 Å². The van der Waals surface area contributed by atoms with Gasteiger partial charge in [0.25, 0.3) is 0 Å². The molecule has 0 N–H and O–H groups in total. The Hall–Kier alpha value is -1.59. The molecule has 14 heavy (non-hydrogen) atoms. The number of nitrogens with zero attached hydrogens (tertiary/aromatic N) is 2. The van der Waals surface area contributed by atoms with E-state index in [1.54, 1.807) is 18.2 Å². The highest BCUT2D eigenvalue weighted by Gasteiger charge is 2.02. The number of rotatable bonds is 0. The summed E-state index contributed by atoms with van der Waals surface area (Å²) in [5, 5.41) is 10.2. The Morgan fingerprint density at radius 1 is 1.36 bits per heavy atom. The molecule has 0 aliphatic carbocycles. The lowest BCUT2D eigenvalue weighted by Crippen LogP contribution is -1.85. The van der Waals surface area contributed by atoms with Crippen LogP contribution in [0.1, 0.15) is 11.3 Å². The van der Waals surface area contributed by atoms with Crippen LogP contribution in [0, 0.1) is 18.3 Å². The largest absolute Gasteiger partial charge is 0.253 e. The predicted molar refractivity (Wildman–Crippen MR) is 56.2 cm³/mol. The Labute approximate surface area is 86.8 Å². The quantitative estimate of drug-likeness (QED) is 0.658. The van der Waals surface area contributed by atoms with Crippen LogP contribution in [0.25, 0.3) is 10.9 Å². The molecule has 1 aromatic heterocycles. The minimum Gasteiger partial charge on any atom is -0.253 e. The first kappa shape index (κ1) is 8.98. The molecule has 1 aromatic carbocycles. The van der Waals surface area contributed by atoms with Gasteiger partial charge in [0.1, 0.15) is 0 Å². The van der Waals surface area contributed by atoms with Crippen LogP contribution in [0.15, 0.2) is 24.3 Å². The topological polar surface area (TPSA) is 36.7 Å². The molecule has 0 saturated heterocycles. The Morgan fingerprint density at radius 2 is 2.14 bits per heavy atom. The van der Waals surface area contributed by atoms with Crippen molar-refractivity contribution in [2.75, 3.05) is 0 Å². The molecule has 2 rings (SSSR count). The first-order chi connectivity index (χ1) is 6.70. The van der Waals surface area contributed by atoms with Crippen LogP contribution in [0.2, 0.25) is 5.02 Å². The maximum absolute atomic E-state index is 8.73. The lowest BCUT2D eigenvalue weighted by atomic mass is 10.1. The molecular weight excluding hydrogens is 196 g/mol. The molecule has 2 aromatic rings. The van der Waals surface area contributed by atoms with Crippen molar-refractivity contribution in [3.63, 3.8) is 0 Å². The van der Waals surface area contributed by atoms with E-state index in [2.05, 4.69) is 11.1 Å². The van der Waals surface area contributed by atoms with E-state index < -0.39 is 0 Å². The van der Waals surface area contributed by atoms with Gasteiger partial charge in [0.15, 0.2) is 0 Å². The molecule has 0 bridgehead atoms. The second-order valence-corrected chi connectivity index (χ2v) is 3.50. The van der Waals surface area contributed by atoms with Crippen molar-refractivity contribution in [1.82, 2.24) is 4.98 Å². The Kier molecular flexibility index (Phi) is 2.11. The molecule has 0 spiro atoms. The van der Waals surface area contributed by atoms with Crippen LogP contribution in [-0.4, -0.2) is 4.98 Å². The third-order valence-electron chi connectivity index (χ3n) is 2.02. The lowest BCUT2D eigenvalue weighted by molar-refractivity contribution is 1.25. The molecule has 0 aliphatic rings. The van der Waals surface area contributed by atoms with Gasteiger partial charge in [-0.1, -0.05) is 11.6 Å². The van der Waals surface area contributed by atoms with Gasteiger partial charge in [-0.3, -0.25) is 4.98 Å². The number of aromatic nitrogens is 1. The van der Waals surface area contributed by atoms with Gasteiger partial charge in [-0.2, -0.15) is 5.26 Å². The van der Waals surface area contributed by atoms with Crippen molar-refractivity contribution in [2.24, 2.45) is 0 Å². The second kappa shape index (κ2) is 3.28. The van der Waals surface area contributed by atoms with Crippen LogP contribution in [0.5, 0.6) is 0 Å². The fourth-order valence-electron chi connectivity index (χ4n) is 1.38. The molecule has 0 unspecified atom stereocenters. The summed E-state index contributed by atoms with van der Waals surface area (Å²) in [7, 11) is 0. The standard InChI is InChI=1S/C11H7ClN2/c1-7-4-10(12)9-5-8(6-13)2-3-11(9)14-7/h2-5H,1H3. The Balaban J connectivity index is 2.84. The summed E-state index contributed by atoms with van der Waals surface area (Å²) in [5.41, 5.74) is 2.31. The van der Waals surface area contributed by atoms with E-state index >= 15 is 0 Å². The zero-order valence-electron chi connectivity index (χ0n) is 7.58. The molecule has 0 fully saturated rings. The Morgan fingerprint density at radius 3 is 2.86 bits per heavy atom. The summed E-state index contributed by atoms with van der Waals surface area (Å²) < 4.78 is 0. The van der Waals surface area contributed by atoms with Gasteiger partial charge in [-0.05, 0) is 31.2 Å². The third kappa shape index (κ3) is 1.43. The molecule has 0 radical (unpaired) electrons. The SMILES string of the molecule is Cc1cc(Cl)c2cc(C#N)ccc2n1. The van der Waals surface area contributed by atoms with Crippen LogP contribution in [0.3, 0.4) is 0 Å². The summed E-state index contributed by atoms with van der Waals surface area (Å²) in [6.07, 6.45) is 0. The van der Waals surface area contributed by atoms with Gasteiger partial charge in [0, 0.05) is 11.1 Å². The maximum atomic E-state index is 8.73. The fourth-order valence-corrected chi connectivity index (χ4v) is 1.69. The number of hydrogen-bond acceptors (Lipinski definition) is 2. The molecular formula is C11H7ClN2. The highest BCUT2D eigenvalue weighted by Crippen LogP contribution is 2.23. The normalized spacial score (nSPS) is 10.1.